The summed E-state index contributed by atoms with van der Waals surface area (Å²) in [5.41, 5.74) is 3.11. The lowest BCUT2D eigenvalue weighted by Gasteiger charge is -2.09. The number of nitrogens with one attached hydrogen (secondary N) is 1. The van der Waals surface area contributed by atoms with Gasteiger partial charge in [-0.05, 0) is 27.0 Å². The van der Waals surface area contributed by atoms with Crippen molar-refractivity contribution < 1.29 is 4.74 Å². The number of hydrogen-bond donors (Lipinski definition) is 1. The average Bonchev–Trinajstić information content (AvgIpc) is 2.81. The van der Waals surface area contributed by atoms with Crippen LogP contribution in [0.2, 0.25) is 0 Å². The predicted octanol–water partition coefficient (Wildman–Crippen LogP) is 1.69. The van der Waals surface area contributed by atoms with E-state index < -0.39 is 0 Å². The summed E-state index contributed by atoms with van der Waals surface area (Å²) in [6, 6.07) is 2.02. The van der Waals surface area contributed by atoms with Crippen molar-refractivity contribution in [3.63, 3.8) is 0 Å². The van der Waals surface area contributed by atoms with Crippen LogP contribution in [-0.2, 0) is 6.54 Å². The molecule has 0 fully saturated rings. The van der Waals surface area contributed by atoms with Gasteiger partial charge in [-0.25, -0.2) is 4.68 Å². The van der Waals surface area contributed by atoms with Crippen LogP contribution in [0.4, 0.5) is 0 Å². The Morgan fingerprint density at radius 1 is 1.39 bits per heavy atom. The lowest BCUT2D eigenvalue weighted by molar-refractivity contribution is 0.340. The summed E-state index contributed by atoms with van der Waals surface area (Å²) in [7, 11) is 1.92. The summed E-state index contributed by atoms with van der Waals surface area (Å²) in [4.78, 5) is 4.31. The molecule has 0 aliphatic rings. The molecule has 18 heavy (non-hydrogen) atoms. The molecule has 1 N–H and O–H groups in total. The van der Waals surface area contributed by atoms with Crippen molar-refractivity contribution in [2.75, 3.05) is 13.7 Å². The maximum Gasteiger partial charge on any atom is 0.157 e. The molecule has 0 aliphatic heterocycles. The third-order valence-corrected chi connectivity index (χ3v) is 2.58. The first-order chi connectivity index (χ1) is 8.74. The number of aromatic nitrogens is 3. The molecule has 0 unspecified atom stereocenters. The van der Waals surface area contributed by atoms with Crippen LogP contribution in [0.1, 0.15) is 18.2 Å². The molecular weight excluding hydrogens is 228 g/mol. The molecule has 0 bridgehead atoms. The fourth-order valence-corrected chi connectivity index (χ4v) is 1.79. The fraction of sp³-hybridized carbons (Fsp3) is 0.385. The van der Waals surface area contributed by atoms with Crippen LogP contribution >= 0.6 is 0 Å². The second-order valence-electron chi connectivity index (χ2n) is 4.04. The van der Waals surface area contributed by atoms with Crippen molar-refractivity contribution in [1.29, 1.82) is 0 Å². The number of rotatable bonds is 5. The lowest BCUT2D eigenvalue weighted by atomic mass is 10.2. The fourth-order valence-electron chi connectivity index (χ4n) is 1.79. The van der Waals surface area contributed by atoms with Gasteiger partial charge in [0.05, 0.1) is 24.7 Å². The van der Waals surface area contributed by atoms with Gasteiger partial charge in [0.25, 0.3) is 0 Å². The van der Waals surface area contributed by atoms with Crippen LogP contribution in [0.15, 0.2) is 24.7 Å². The smallest absolute Gasteiger partial charge is 0.157 e. The summed E-state index contributed by atoms with van der Waals surface area (Å²) in [5.74, 6) is 0.780. The molecule has 0 radical (unpaired) electrons. The molecule has 2 aromatic heterocycles. The molecule has 0 amide bonds. The van der Waals surface area contributed by atoms with E-state index in [4.69, 9.17) is 4.74 Å². The lowest BCUT2D eigenvalue weighted by Crippen LogP contribution is -2.10. The van der Waals surface area contributed by atoms with Gasteiger partial charge in [0.1, 0.15) is 0 Å². The number of pyridine rings is 1. The Kier molecular flexibility index (Phi) is 3.94. The summed E-state index contributed by atoms with van der Waals surface area (Å²) in [6.45, 7) is 5.33. The van der Waals surface area contributed by atoms with Crippen molar-refractivity contribution >= 4 is 0 Å². The topological polar surface area (TPSA) is 52.0 Å². The van der Waals surface area contributed by atoms with E-state index in [0.717, 1.165) is 29.2 Å². The molecule has 2 rings (SSSR count). The quantitative estimate of drug-likeness (QED) is 0.872. The molecule has 2 aromatic rings. The zero-order chi connectivity index (χ0) is 13.0. The molecule has 0 saturated carbocycles. The molecular formula is C13H18N4O. The van der Waals surface area contributed by atoms with Crippen LogP contribution in [-0.4, -0.2) is 28.4 Å². The van der Waals surface area contributed by atoms with Crippen LogP contribution in [0.5, 0.6) is 5.75 Å². The number of hydrogen-bond acceptors (Lipinski definition) is 4. The largest absolute Gasteiger partial charge is 0.491 e. The van der Waals surface area contributed by atoms with Gasteiger partial charge in [0.2, 0.25) is 0 Å². The molecule has 0 aliphatic carbocycles. The first-order valence-corrected chi connectivity index (χ1v) is 6.02. The van der Waals surface area contributed by atoms with Gasteiger partial charge in [-0.2, -0.15) is 5.10 Å². The Bertz CT molecular complexity index is 521. The van der Waals surface area contributed by atoms with Crippen LogP contribution in [0, 0.1) is 6.92 Å². The van der Waals surface area contributed by atoms with E-state index in [0.29, 0.717) is 6.61 Å². The highest BCUT2D eigenvalue weighted by Gasteiger charge is 2.07. The predicted molar refractivity (Wildman–Crippen MR) is 70.0 cm³/mol. The van der Waals surface area contributed by atoms with Crippen LogP contribution in [0.3, 0.4) is 0 Å². The first-order valence-electron chi connectivity index (χ1n) is 6.02. The molecule has 0 saturated heterocycles. The SMILES string of the molecule is CCOc1cnn(-c2cc(C)ncc2CNC)c1. The molecule has 0 spiro atoms. The first kappa shape index (κ1) is 12.6. The Morgan fingerprint density at radius 2 is 2.22 bits per heavy atom. The standard InChI is InChI=1S/C13H18N4O/c1-4-18-12-8-16-17(9-12)13-5-10(2)15-7-11(13)6-14-3/h5,7-9,14H,4,6H2,1-3H3. The van der Waals surface area contributed by atoms with Gasteiger partial charge >= 0.3 is 0 Å². The average molecular weight is 246 g/mol. The highest BCUT2D eigenvalue weighted by molar-refractivity contribution is 5.41. The molecule has 0 atom stereocenters. The van der Waals surface area contributed by atoms with Crippen LogP contribution < -0.4 is 10.1 Å². The third-order valence-electron chi connectivity index (χ3n) is 2.58. The van der Waals surface area contributed by atoms with Gasteiger partial charge < -0.3 is 10.1 Å². The van der Waals surface area contributed by atoms with Crippen molar-refractivity contribution in [2.24, 2.45) is 0 Å². The van der Waals surface area contributed by atoms with E-state index in [9.17, 15) is 0 Å². The summed E-state index contributed by atoms with van der Waals surface area (Å²) in [5, 5.41) is 7.46. The zero-order valence-electron chi connectivity index (χ0n) is 11.0. The second-order valence-corrected chi connectivity index (χ2v) is 4.04. The monoisotopic (exact) mass is 246 g/mol. The van der Waals surface area contributed by atoms with E-state index in [1.54, 1.807) is 6.20 Å². The van der Waals surface area contributed by atoms with Crippen molar-refractivity contribution in [3.8, 4) is 11.4 Å². The van der Waals surface area contributed by atoms with Crippen molar-refractivity contribution in [3.05, 3.63) is 35.9 Å². The van der Waals surface area contributed by atoms with E-state index in [1.807, 2.05) is 44.0 Å². The minimum Gasteiger partial charge on any atom is -0.491 e. The van der Waals surface area contributed by atoms with Gasteiger partial charge in [-0.15, -0.1) is 0 Å². The molecule has 5 heteroatoms. The van der Waals surface area contributed by atoms with E-state index >= 15 is 0 Å². The van der Waals surface area contributed by atoms with Gasteiger partial charge in [0, 0.05) is 24.0 Å². The van der Waals surface area contributed by atoms with Crippen LogP contribution in [0.25, 0.3) is 5.69 Å². The van der Waals surface area contributed by atoms with E-state index in [2.05, 4.69) is 15.4 Å². The van der Waals surface area contributed by atoms with E-state index in [1.165, 1.54) is 0 Å². The maximum absolute atomic E-state index is 5.42. The Hall–Kier alpha value is -1.88. The molecule has 2 heterocycles. The Labute approximate surface area is 107 Å². The van der Waals surface area contributed by atoms with Gasteiger partial charge in [-0.3, -0.25) is 4.98 Å². The highest BCUT2D eigenvalue weighted by atomic mass is 16.5. The Balaban J connectivity index is 2.37. The van der Waals surface area contributed by atoms with E-state index in [-0.39, 0.29) is 0 Å². The summed E-state index contributed by atoms with van der Waals surface area (Å²) in [6.07, 6.45) is 5.49. The zero-order valence-corrected chi connectivity index (χ0v) is 11.0. The third kappa shape index (κ3) is 2.68. The second kappa shape index (κ2) is 5.64. The van der Waals surface area contributed by atoms with Crippen molar-refractivity contribution in [1.82, 2.24) is 20.1 Å². The van der Waals surface area contributed by atoms with Gasteiger partial charge in [-0.1, -0.05) is 0 Å². The minimum atomic E-state index is 0.643. The normalized spacial score (nSPS) is 10.6. The maximum atomic E-state index is 5.42. The number of aryl methyl sites for hydroxylation is 1. The number of nitrogens with zero attached hydrogens (tertiary/aromatic N) is 3. The molecule has 5 nitrogen and oxygen atoms in total. The van der Waals surface area contributed by atoms with Crippen molar-refractivity contribution in [2.45, 2.75) is 20.4 Å². The molecule has 0 aromatic carbocycles. The molecule has 96 valence electrons. The summed E-state index contributed by atoms with van der Waals surface area (Å²) >= 11 is 0. The highest BCUT2D eigenvalue weighted by Crippen LogP contribution is 2.17. The Morgan fingerprint density at radius 3 is 2.94 bits per heavy atom. The summed E-state index contributed by atoms with van der Waals surface area (Å²) < 4.78 is 7.25. The van der Waals surface area contributed by atoms with Gasteiger partial charge in [0.15, 0.2) is 5.75 Å². The number of ether oxygens (including phenoxy) is 1. The minimum absolute atomic E-state index is 0.643.